The van der Waals surface area contributed by atoms with Gasteiger partial charge in [-0.1, -0.05) is 60.4 Å². The van der Waals surface area contributed by atoms with Crippen LogP contribution in [0.15, 0.2) is 60.7 Å². The van der Waals surface area contributed by atoms with Gasteiger partial charge in [0.25, 0.3) is 0 Å². The first-order valence-corrected chi connectivity index (χ1v) is 6.08. The summed E-state index contributed by atoms with van der Waals surface area (Å²) in [5, 5.41) is 0. The second kappa shape index (κ2) is 7.03. The Morgan fingerprint density at radius 3 is 2.26 bits per heavy atom. The van der Waals surface area contributed by atoms with Crippen molar-refractivity contribution in [3.63, 3.8) is 0 Å². The second-order valence-corrected chi connectivity index (χ2v) is 3.99. The lowest BCUT2D eigenvalue weighted by atomic mass is 10.2. The van der Waals surface area contributed by atoms with E-state index < -0.39 is 0 Å². The molecule has 2 aromatic carbocycles. The van der Waals surface area contributed by atoms with Crippen molar-refractivity contribution in [2.75, 3.05) is 0 Å². The molecular weight excluding hydrogens is 236 g/mol. The van der Waals surface area contributed by atoms with Crippen molar-refractivity contribution in [1.82, 2.24) is 0 Å². The standard InChI is InChI=1S/C17H14O2/c18-17(19-14-16-10-5-2-6-11-16)13-7-12-15-8-3-1-4-9-15/h1-6,8-11H,13-14H2. The summed E-state index contributed by atoms with van der Waals surface area (Å²) in [6.07, 6.45) is 0.113. The minimum atomic E-state index is -0.299. The van der Waals surface area contributed by atoms with E-state index in [0.717, 1.165) is 11.1 Å². The van der Waals surface area contributed by atoms with Crippen LogP contribution in [0.2, 0.25) is 0 Å². The molecule has 2 rings (SSSR count). The monoisotopic (exact) mass is 250 g/mol. The fourth-order valence-corrected chi connectivity index (χ4v) is 1.53. The van der Waals surface area contributed by atoms with E-state index in [9.17, 15) is 4.79 Å². The molecule has 0 bridgehead atoms. The van der Waals surface area contributed by atoms with Crippen molar-refractivity contribution in [3.05, 3.63) is 71.8 Å². The molecule has 0 aliphatic heterocycles. The van der Waals surface area contributed by atoms with E-state index in [1.54, 1.807) is 0 Å². The quantitative estimate of drug-likeness (QED) is 0.618. The third-order valence-corrected chi connectivity index (χ3v) is 2.48. The molecule has 19 heavy (non-hydrogen) atoms. The summed E-state index contributed by atoms with van der Waals surface area (Å²) in [5.74, 6) is 5.44. The molecule has 0 saturated carbocycles. The summed E-state index contributed by atoms with van der Waals surface area (Å²) in [5.41, 5.74) is 1.88. The van der Waals surface area contributed by atoms with E-state index in [0.29, 0.717) is 6.61 Å². The van der Waals surface area contributed by atoms with Crippen LogP contribution in [0, 0.1) is 11.8 Å². The van der Waals surface area contributed by atoms with Gasteiger partial charge in [0.1, 0.15) is 13.0 Å². The molecule has 0 radical (unpaired) electrons. The van der Waals surface area contributed by atoms with Gasteiger partial charge in [-0.2, -0.15) is 0 Å². The van der Waals surface area contributed by atoms with Gasteiger partial charge in [0, 0.05) is 5.56 Å². The van der Waals surface area contributed by atoms with Crippen molar-refractivity contribution in [2.24, 2.45) is 0 Å². The van der Waals surface area contributed by atoms with Gasteiger partial charge >= 0.3 is 5.97 Å². The van der Waals surface area contributed by atoms with Crippen LogP contribution in [-0.2, 0) is 16.1 Å². The first-order chi connectivity index (χ1) is 9.34. The Balaban J connectivity index is 1.78. The van der Waals surface area contributed by atoms with Crippen LogP contribution < -0.4 is 0 Å². The molecule has 0 unspecified atom stereocenters. The molecule has 0 aliphatic carbocycles. The molecule has 0 fully saturated rings. The van der Waals surface area contributed by atoms with E-state index in [1.807, 2.05) is 60.7 Å². The summed E-state index contributed by atoms with van der Waals surface area (Å²) >= 11 is 0. The molecule has 0 saturated heterocycles. The number of hydrogen-bond donors (Lipinski definition) is 0. The maximum Gasteiger partial charge on any atom is 0.318 e. The molecule has 0 aromatic heterocycles. The Kier molecular flexibility index (Phi) is 4.78. The Hall–Kier alpha value is -2.53. The summed E-state index contributed by atoms with van der Waals surface area (Å²) in [4.78, 5) is 11.5. The lowest BCUT2D eigenvalue weighted by Gasteiger charge is -2.01. The third kappa shape index (κ3) is 4.69. The van der Waals surface area contributed by atoms with Gasteiger partial charge in [0.05, 0.1) is 0 Å². The van der Waals surface area contributed by atoms with Gasteiger partial charge in [-0.3, -0.25) is 4.79 Å². The summed E-state index contributed by atoms with van der Waals surface area (Å²) in [7, 11) is 0. The number of ether oxygens (including phenoxy) is 1. The molecule has 94 valence electrons. The van der Waals surface area contributed by atoms with E-state index in [4.69, 9.17) is 4.74 Å². The topological polar surface area (TPSA) is 26.3 Å². The predicted octanol–water partition coefficient (Wildman–Crippen LogP) is 3.17. The Morgan fingerprint density at radius 2 is 1.58 bits per heavy atom. The number of esters is 1. The van der Waals surface area contributed by atoms with Crippen LogP contribution in [0.3, 0.4) is 0 Å². The molecule has 0 spiro atoms. The summed E-state index contributed by atoms with van der Waals surface area (Å²) < 4.78 is 5.12. The molecular formula is C17H14O2. The van der Waals surface area contributed by atoms with Crippen LogP contribution in [0.1, 0.15) is 17.5 Å². The minimum absolute atomic E-state index is 0.113. The number of benzene rings is 2. The van der Waals surface area contributed by atoms with Gasteiger partial charge in [0.2, 0.25) is 0 Å². The average Bonchev–Trinajstić information content (AvgIpc) is 2.47. The summed E-state index contributed by atoms with van der Waals surface area (Å²) in [6, 6.07) is 19.2. The Morgan fingerprint density at radius 1 is 0.947 bits per heavy atom. The van der Waals surface area contributed by atoms with E-state index in [-0.39, 0.29) is 12.4 Å². The van der Waals surface area contributed by atoms with E-state index >= 15 is 0 Å². The maximum absolute atomic E-state index is 11.5. The smallest absolute Gasteiger partial charge is 0.318 e. The number of hydrogen-bond acceptors (Lipinski definition) is 2. The highest BCUT2D eigenvalue weighted by molar-refractivity contribution is 5.72. The van der Waals surface area contributed by atoms with Crippen molar-refractivity contribution < 1.29 is 9.53 Å². The molecule has 0 heterocycles. The van der Waals surface area contributed by atoms with Gasteiger partial charge in [-0.05, 0) is 17.7 Å². The van der Waals surface area contributed by atoms with E-state index in [2.05, 4.69) is 11.8 Å². The molecule has 0 aliphatic rings. The van der Waals surface area contributed by atoms with Gasteiger partial charge in [0.15, 0.2) is 0 Å². The highest BCUT2D eigenvalue weighted by Crippen LogP contribution is 2.01. The number of rotatable bonds is 3. The molecule has 2 aromatic rings. The first-order valence-electron chi connectivity index (χ1n) is 6.08. The third-order valence-electron chi connectivity index (χ3n) is 2.48. The van der Waals surface area contributed by atoms with Crippen molar-refractivity contribution >= 4 is 5.97 Å². The molecule has 0 atom stereocenters. The predicted molar refractivity (Wildman–Crippen MR) is 74.2 cm³/mol. The molecule has 2 heteroatoms. The van der Waals surface area contributed by atoms with Crippen LogP contribution in [0.25, 0.3) is 0 Å². The Labute approximate surface area is 113 Å². The zero-order valence-corrected chi connectivity index (χ0v) is 10.5. The average molecular weight is 250 g/mol. The Bertz CT molecular complexity index is 577. The fraction of sp³-hybridized carbons (Fsp3) is 0.118. The van der Waals surface area contributed by atoms with Crippen LogP contribution in [0.5, 0.6) is 0 Å². The number of carbonyl (C=O) groups excluding carboxylic acids is 1. The zero-order chi connectivity index (χ0) is 13.3. The fourth-order valence-electron chi connectivity index (χ4n) is 1.53. The van der Waals surface area contributed by atoms with Gasteiger partial charge in [-0.15, -0.1) is 0 Å². The highest BCUT2D eigenvalue weighted by Gasteiger charge is 2.00. The van der Waals surface area contributed by atoms with Crippen LogP contribution in [-0.4, -0.2) is 5.97 Å². The van der Waals surface area contributed by atoms with Gasteiger partial charge < -0.3 is 4.74 Å². The first kappa shape index (κ1) is 12.9. The number of carbonyl (C=O) groups is 1. The lowest BCUT2D eigenvalue weighted by Crippen LogP contribution is -2.02. The van der Waals surface area contributed by atoms with Crippen molar-refractivity contribution in [3.8, 4) is 11.8 Å². The van der Waals surface area contributed by atoms with E-state index in [1.165, 1.54) is 0 Å². The SMILES string of the molecule is O=C(CC#Cc1ccccc1)OCc1ccccc1. The molecule has 2 nitrogen and oxygen atoms in total. The normalized spacial score (nSPS) is 9.26. The van der Waals surface area contributed by atoms with Crippen LogP contribution >= 0.6 is 0 Å². The summed E-state index contributed by atoms with van der Waals surface area (Å²) in [6.45, 7) is 0.298. The molecule has 0 N–H and O–H groups in total. The zero-order valence-electron chi connectivity index (χ0n) is 10.5. The minimum Gasteiger partial charge on any atom is -0.460 e. The second-order valence-electron chi connectivity index (χ2n) is 3.99. The van der Waals surface area contributed by atoms with Crippen molar-refractivity contribution in [1.29, 1.82) is 0 Å². The van der Waals surface area contributed by atoms with Crippen molar-refractivity contribution in [2.45, 2.75) is 13.0 Å². The van der Waals surface area contributed by atoms with Gasteiger partial charge in [-0.25, -0.2) is 0 Å². The van der Waals surface area contributed by atoms with Crippen LogP contribution in [0.4, 0.5) is 0 Å². The largest absolute Gasteiger partial charge is 0.460 e. The maximum atomic E-state index is 11.5. The molecule has 0 amide bonds. The highest BCUT2D eigenvalue weighted by atomic mass is 16.5. The lowest BCUT2D eigenvalue weighted by molar-refractivity contribution is -0.143.